The largest absolute Gasteiger partial charge is 0.496 e. The van der Waals surface area contributed by atoms with Gasteiger partial charge in [-0.1, -0.05) is 30.3 Å². The number of carbonyl (C=O) groups is 1. The minimum Gasteiger partial charge on any atom is -0.496 e. The average molecular weight is 374 g/mol. The highest BCUT2D eigenvalue weighted by Gasteiger charge is 2.46. The first-order valence-electron chi connectivity index (χ1n) is 10.4. The van der Waals surface area contributed by atoms with Crippen molar-refractivity contribution in [3.05, 3.63) is 71.3 Å². The number of esters is 1. The van der Waals surface area contributed by atoms with Crippen LogP contribution >= 0.6 is 0 Å². The normalized spacial score (nSPS) is 27.5. The topological polar surface area (TPSA) is 35.5 Å². The van der Waals surface area contributed by atoms with Gasteiger partial charge in [-0.2, -0.15) is 0 Å². The summed E-state index contributed by atoms with van der Waals surface area (Å²) in [6.45, 7) is 0. The smallest absolute Gasteiger partial charge is 0.343 e. The van der Waals surface area contributed by atoms with Crippen LogP contribution in [0.5, 0.6) is 5.75 Å². The minimum absolute atomic E-state index is 0.334. The number of rotatable bonds is 4. The lowest BCUT2D eigenvalue weighted by molar-refractivity contribution is 0.0674. The van der Waals surface area contributed by atoms with E-state index in [1.165, 1.54) is 37.7 Å². The van der Waals surface area contributed by atoms with Gasteiger partial charge in [0, 0.05) is 5.56 Å². The van der Waals surface area contributed by atoms with Crippen molar-refractivity contribution in [3.8, 4) is 5.75 Å². The van der Waals surface area contributed by atoms with E-state index in [0.29, 0.717) is 23.1 Å². The molecule has 0 unspecified atom stereocenters. The molecule has 0 radical (unpaired) electrons. The number of benzene rings is 2. The van der Waals surface area contributed by atoms with Crippen LogP contribution in [0.25, 0.3) is 5.76 Å². The fourth-order valence-electron chi connectivity index (χ4n) is 5.91. The van der Waals surface area contributed by atoms with Crippen LogP contribution in [0.15, 0.2) is 60.2 Å². The van der Waals surface area contributed by atoms with Crippen LogP contribution in [0.1, 0.15) is 48.0 Å². The summed E-state index contributed by atoms with van der Waals surface area (Å²) in [4.78, 5) is 12.4. The summed E-state index contributed by atoms with van der Waals surface area (Å²) in [6, 6.07) is 16.9. The van der Waals surface area contributed by atoms with Gasteiger partial charge in [0.15, 0.2) is 0 Å². The zero-order valence-electron chi connectivity index (χ0n) is 16.3. The highest BCUT2D eigenvalue weighted by Crippen LogP contribution is 2.57. The van der Waals surface area contributed by atoms with Gasteiger partial charge >= 0.3 is 5.97 Å². The van der Waals surface area contributed by atoms with Gasteiger partial charge in [-0.3, -0.25) is 0 Å². The maximum Gasteiger partial charge on any atom is 0.343 e. The van der Waals surface area contributed by atoms with Crippen molar-refractivity contribution in [1.82, 2.24) is 0 Å². The first kappa shape index (κ1) is 17.5. The second-order valence-corrected chi connectivity index (χ2v) is 8.58. The molecule has 4 aliphatic rings. The Morgan fingerprint density at radius 2 is 1.46 bits per heavy atom. The zero-order valence-corrected chi connectivity index (χ0v) is 16.3. The standard InChI is InChI=1S/C25H26O3/c1-27-24(23-20-11-16-10-17(13-20)14-21(23)12-16)19-8-5-9-22(15-19)28-25(26)18-6-3-2-4-7-18/h2-9,15-17,20-21H,10-14H2,1H3. The van der Waals surface area contributed by atoms with Gasteiger partial charge in [0.2, 0.25) is 0 Å². The Bertz CT molecular complexity index is 882. The van der Waals surface area contributed by atoms with E-state index in [9.17, 15) is 4.79 Å². The molecule has 0 spiro atoms. The van der Waals surface area contributed by atoms with Gasteiger partial charge in [0.1, 0.15) is 11.5 Å². The number of hydrogen-bond donors (Lipinski definition) is 0. The van der Waals surface area contributed by atoms with Crippen LogP contribution in [0.4, 0.5) is 0 Å². The van der Waals surface area contributed by atoms with E-state index in [4.69, 9.17) is 9.47 Å². The SMILES string of the molecule is COC(=C1C2CC3CC(C2)CC1C3)c1cccc(OC(=O)c2ccccc2)c1. The molecular weight excluding hydrogens is 348 g/mol. The molecule has 4 fully saturated rings. The fourth-order valence-corrected chi connectivity index (χ4v) is 5.91. The van der Waals surface area contributed by atoms with Crippen molar-refractivity contribution in [2.75, 3.05) is 7.11 Å². The molecule has 6 rings (SSSR count). The molecule has 3 heteroatoms. The van der Waals surface area contributed by atoms with E-state index in [0.717, 1.165) is 23.2 Å². The Balaban J connectivity index is 1.44. The molecule has 0 amide bonds. The lowest BCUT2D eigenvalue weighted by Crippen LogP contribution is -2.40. The zero-order chi connectivity index (χ0) is 19.1. The first-order valence-corrected chi connectivity index (χ1v) is 10.4. The number of methoxy groups -OCH3 is 1. The van der Waals surface area contributed by atoms with Gasteiger partial charge in [0.25, 0.3) is 0 Å². The molecule has 4 aliphatic carbocycles. The third-order valence-corrected chi connectivity index (χ3v) is 6.80. The van der Waals surface area contributed by atoms with E-state index in [1.807, 2.05) is 36.4 Å². The van der Waals surface area contributed by atoms with Crippen LogP contribution in [-0.2, 0) is 4.74 Å². The molecule has 2 aromatic carbocycles. The van der Waals surface area contributed by atoms with Crippen LogP contribution in [0.3, 0.4) is 0 Å². The predicted molar refractivity (Wildman–Crippen MR) is 109 cm³/mol. The third-order valence-electron chi connectivity index (χ3n) is 6.80. The second kappa shape index (κ2) is 7.12. The summed E-state index contributed by atoms with van der Waals surface area (Å²) in [5.74, 6) is 4.41. The molecule has 0 aromatic heterocycles. The molecule has 0 atom stereocenters. The van der Waals surface area contributed by atoms with Gasteiger partial charge in [-0.15, -0.1) is 0 Å². The molecule has 2 aromatic rings. The van der Waals surface area contributed by atoms with Gasteiger partial charge in [0.05, 0.1) is 12.7 Å². The van der Waals surface area contributed by atoms with Crippen molar-refractivity contribution in [2.24, 2.45) is 23.7 Å². The predicted octanol–water partition coefficient (Wildman–Crippen LogP) is 5.72. The maximum atomic E-state index is 12.4. The first-order chi connectivity index (χ1) is 13.7. The third kappa shape index (κ3) is 3.13. The highest BCUT2D eigenvalue weighted by molar-refractivity contribution is 5.91. The Kier molecular flexibility index (Phi) is 4.46. The number of carbonyl (C=O) groups excluding carboxylic acids is 1. The minimum atomic E-state index is -0.334. The number of allylic oxidation sites excluding steroid dienone is 1. The fraction of sp³-hybridized carbons (Fsp3) is 0.400. The van der Waals surface area contributed by atoms with Crippen LogP contribution < -0.4 is 4.74 Å². The van der Waals surface area contributed by atoms with Crippen molar-refractivity contribution < 1.29 is 14.3 Å². The Morgan fingerprint density at radius 3 is 2.11 bits per heavy atom. The van der Waals surface area contributed by atoms with E-state index < -0.39 is 0 Å². The lowest BCUT2D eigenvalue weighted by atomic mass is 9.54. The van der Waals surface area contributed by atoms with Crippen molar-refractivity contribution in [1.29, 1.82) is 0 Å². The molecule has 3 nitrogen and oxygen atoms in total. The molecule has 28 heavy (non-hydrogen) atoms. The van der Waals surface area contributed by atoms with Crippen molar-refractivity contribution in [2.45, 2.75) is 32.1 Å². The van der Waals surface area contributed by atoms with E-state index in [2.05, 4.69) is 6.07 Å². The van der Waals surface area contributed by atoms with Crippen molar-refractivity contribution in [3.63, 3.8) is 0 Å². The van der Waals surface area contributed by atoms with Gasteiger partial charge in [-0.25, -0.2) is 4.79 Å². The molecule has 0 saturated heterocycles. The molecule has 0 heterocycles. The van der Waals surface area contributed by atoms with E-state index >= 15 is 0 Å². The summed E-state index contributed by atoms with van der Waals surface area (Å²) in [5.41, 5.74) is 3.09. The Labute approximate surface area is 166 Å². The molecule has 0 aliphatic heterocycles. The van der Waals surface area contributed by atoms with Crippen LogP contribution in [0, 0.1) is 23.7 Å². The lowest BCUT2D eigenvalue weighted by Gasteiger charge is -2.51. The van der Waals surface area contributed by atoms with Gasteiger partial charge in [-0.05, 0) is 85.6 Å². The van der Waals surface area contributed by atoms with Crippen LogP contribution in [-0.4, -0.2) is 13.1 Å². The molecule has 4 bridgehead atoms. The van der Waals surface area contributed by atoms with Crippen molar-refractivity contribution >= 4 is 11.7 Å². The Morgan fingerprint density at radius 1 is 0.821 bits per heavy atom. The summed E-state index contributed by atoms with van der Waals surface area (Å²) < 4.78 is 11.6. The summed E-state index contributed by atoms with van der Waals surface area (Å²) in [5, 5.41) is 0. The summed E-state index contributed by atoms with van der Waals surface area (Å²) >= 11 is 0. The van der Waals surface area contributed by atoms with Gasteiger partial charge < -0.3 is 9.47 Å². The number of hydrogen-bond acceptors (Lipinski definition) is 3. The monoisotopic (exact) mass is 374 g/mol. The van der Waals surface area contributed by atoms with E-state index in [-0.39, 0.29) is 5.97 Å². The molecular formula is C25H26O3. The van der Waals surface area contributed by atoms with E-state index in [1.54, 1.807) is 19.2 Å². The Hall–Kier alpha value is -2.55. The molecule has 0 N–H and O–H groups in total. The molecule has 144 valence electrons. The van der Waals surface area contributed by atoms with Crippen LogP contribution in [0.2, 0.25) is 0 Å². The quantitative estimate of drug-likeness (QED) is 0.390. The summed E-state index contributed by atoms with van der Waals surface area (Å²) in [6.07, 6.45) is 6.71. The second-order valence-electron chi connectivity index (χ2n) is 8.58. The molecule has 4 saturated carbocycles. The maximum absolute atomic E-state index is 12.4. The summed E-state index contributed by atoms with van der Waals surface area (Å²) in [7, 11) is 1.77. The average Bonchev–Trinajstić information content (AvgIpc) is 2.71. The highest BCUT2D eigenvalue weighted by atomic mass is 16.5. The number of ether oxygens (including phenoxy) is 2.